The third kappa shape index (κ3) is 5.20. The Balaban J connectivity index is 0.00000225. The molecule has 0 aromatic carbocycles. The molecule has 0 bridgehead atoms. The topological polar surface area (TPSA) is 80.3 Å². The first-order valence-corrected chi connectivity index (χ1v) is 8.59. The van der Waals surface area contributed by atoms with Gasteiger partial charge < -0.3 is 15.1 Å². The van der Waals surface area contributed by atoms with Crippen molar-refractivity contribution >= 4 is 29.9 Å². The van der Waals surface area contributed by atoms with E-state index in [2.05, 4.69) is 39.6 Å². The number of hydrogen-bond acceptors (Lipinski definition) is 4. The number of fused-ring (bicyclic) bond motifs is 1. The third-order valence-electron chi connectivity index (χ3n) is 4.20. The predicted octanol–water partition coefficient (Wildman–Crippen LogP) is 2.34. The zero-order valence-corrected chi connectivity index (χ0v) is 17.4. The number of guanidine groups is 1. The highest BCUT2D eigenvalue weighted by molar-refractivity contribution is 14.0. The van der Waals surface area contributed by atoms with E-state index in [-0.39, 0.29) is 24.0 Å². The SMILES string of the molecule is CN=C(NCCc1ccco1)NC1CCc2nc(C(C)C)nn2C1.I. The quantitative estimate of drug-likeness (QED) is 0.409. The molecule has 1 aliphatic heterocycles. The first-order chi connectivity index (χ1) is 11.7. The van der Waals surface area contributed by atoms with Gasteiger partial charge in [-0.15, -0.1) is 24.0 Å². The molecule has 1 atom stereocenters. The maximum Gasteiger partial charge on any atom is 0.191 e. The lowest BCUT2D eigenvalue weighted by molar-refractivity contribution is 0.391. The number of aromatic nitrogens is 3. The van der Waals surface area contributed by atoms with Crippen LogP contribution in [-0.2, 0) is 19.4 Å². The molecule has 2 aromatic rings. The van der Waals surface area contributed by atoms with Crippen molar-refractivity contribution < 1.29 is 4.42 Å². The van der Waals surface area contributed by atoms with E-state index in [1.807, 2.05) is 16.8 Å². The molecule has 7 nitrogen and oxygen atoms in total. The van der Waals surface area contributed by atoms with Crippen LogP contribution in [0.3, 0.4) is 0 Å². The van der Waals surface area contributed by atoms with Gasteiger partial charge in [0.25, 0.3) is 0 Å². The number of nitrogens with one attached hydrogen (secondary N) is 2. The molecule has 8 heteroatoms. The van der Waals surface area contributed by atoms with E-state index < -0.39 is 0 Å². The lowest BCUT2D eigenvalue weighted by Crippen LogP contribution is -2.47. The van der Waals surface area contributed by atoms with Gasteiger partial charge >= 0.3 is 0 Å². The van der Waals surface area contributed by atoms with Crippen molar-refractivity contribution in [2.45, 2.75) is 51.6 Å². The summed E-state index contributed by atoms with van der Waals surface area (Å²) in [5, 5.41) is 11.4. The number of rotatable bonds is 5. The molecule has 138 valence electrons. The Labute approximate surface area is 165 Å². The molecule has 2 N–H and O–H groups in total. The van der Waals surface area contributed by atoms with E-state index in [4.69, 9.17) is 4.42 Å². The van der Waals surface area contributed by atoms with Gasteiger partial charge in [0.2, 0.25) is 0 Å². The van der Waals surface area contributed by atoms with E-state index in [9.17, 15) is 0 Å². The third-order valence-corrected chi connectivity index (χ3v) is 4.20. The zero-order valence-electron chi connectivity index (χ0n) is 15.0. The fourth-order valence-corrected chi connectivity index (χ4v) is 2.84. The lowest BCUT2D eigenvalue weighted by Gasteiger charge is -2.25. The second kappa shape index (κ2) is 9.21. The van der Waals surface area contributed by atoms with Crippen LogP contribution in [0, 0.1) is 0 Å². The average Bonchev–Trinajstić information content (AvgIpc) is 3.22. The van der Waals surface area contributed by atoms with Crippen LogP contribution in [0.4, 0.5) is 0 Å². The summed E-state index contributed by atoms with van der Waals surface area (Å²) >= 11 is 0. The van der Waals surface area contributed by atoms with Crippen LogP contribution in [0.15, 0.2) is 27.8 Å². The molecule has 2 aromatic heterocycles. The van der Waals surface area contributed by atoms with Crippen LogP contribution in [0.2, 0.25) is 0 Å². The maximum atomic E-state index is 5.34. The summed E-state index contributed by atoms with van der Waals surface area (Å²) in [6.07, 6.45) is 4.52. The van der Waals surface area contributed by atoms with Gasteiger partial charge in [-0.25, -0.2) is 9.67 Å². The second-order valence-electron chi connectivity index (χ2n) is 6.43. The summed E-state index contributed by atoms with van der Waals surface area (Å²) in [5.41, 5.74) is 0. The minimum Gasteiger partial charge on any atom is -0.469 e. The molecule has 0 aliphatic carbocycles. The molecule has 3 rings (SSSR count). The minimum atomic E-state index is 0. The number of aryl methyl sites for hydroxylation is 1. The number of halogens is 1. The van der Waals surface area contributed by atoms with Crippen LogP contribution >= 0.6 is 24.0 Å². The highest BCUT2D eigenvalue weighted by Crippen LogP contribution is 2.16. The van der Waals surface area contributed by atoms with Crippen LogP contribution in [0.25, 0.3) is 0 Å². The Bertz CT molecular complexity index is 679. The highest BCUT2D eigenvalue weighted by Gasteiger charge is 2.23. The number of hydrogen-bond donors (Lipinski definition) is 2. The molecule has 0 radical (unpaired) electrons. The first kappa shape index (κ1) is 19.7. The molecule has 0 saturated heterocycles. The number of nitrogens with zero attached hydrogens (tertiary/aromatic N) is 4. The van der Waals surface area contributed by atoms with Gasteiger partial charge in [0.15, 0.2) is 11.8 Å². The molecular weight excluding hydrogens is 431 g/mol. The van der Waals surface area contributed by atoms with E-state index in [1.54, 1.807) is 13.3 Å². The van der Waals surface area contributed by atoms with Crippen molar-refractivity contribution in [2.75, 3.05) is 13.6 Å². The molecule has 0 fully saturated rings. The smallest absolute Gasteiger partial charge is 0.191 e. The van der Waals surface area contributed by atoms with Crippen LogP contribution < -0.4 is 10.6 Å². The van der Waals surface area contributed by atoms with Crippen molar-refractivity contribution in [2.24, 2.45) is 4.99 Å². The molecule has 3 heterocycles. The predicted molar refractivity (Wildman–Crippen MR) is 109 cm³/mol. The van der Waals surface area contributed by atoms with E-state index in [0.29, 0.717) is 12.0 Å². The van der Waals surface area contributed by atoms with Crippen molar-refractivity contribution in [3.05, 3.63) is 35.8 Å². The first-order valence-electron chi connectivity index (χ1n) is 8.59. The normalized spacial score (nSPS) is 17.1. The molecule has 1 aliphatic rings. The van der Waals surface area contributed by atoms with Gasteiger partial charge in [0, 0.05) is 38.4 Å². The zero-order chi connectivity index (χ0) is 16.9. The van der Waals surface area contributed by atoms with Crippen LogP contribution in [-0.4, -0.2) is 40.4 Å². The molecule has 0 amide bonds. The van der Waals surface area contributed by atoms with Crippen LogP contribution in [0.1, 0.15) is 43.6 Å². The molecule has 25 heavy (non-hydrogen) atoms. The molecule has 0 saturated carbocycles. The Morgan fingerprint density at radius 1 is 1.48 bits per heavy atom. The summed E-state index contributed by atoms with van der Waals surface area (Å²) < 4.78 is 7.38. The fourth-order valence-electron chi connectivity index (χ4n) is 2.84. The maximum absolute atomic E-state index is 5.34. The van der Waals surface area contributed by atoms with Gasteiger partial charge in [0.1, 0.15) is 11.6 Å². The number of aliphatic imine (C=N–C) groups is 1. The highest BCUT2D eigenvalue weighted by atomic mass is 127. The average molecular weight is 458 g/mol. The second-order valence-corrected chi connectivity index (χ2v) is 6.43. The molecule has 1 unspecified atom stereocenters. The monoisotopic (exact) mass is 458 g/mol. The summed E-state index contributed by atoms with van der Waals surface area (Å²) in [6, 6.07) is 4.21. The van der Waals surface area contributed by atoms with Crippen molar-refractivity contribution in [1.29, 1.82) is 0 Å². The van der Waals surface area contributed by atoms with E-state index in [0.717, 1.165) is 55.7 Å². The van der Waals surface area contributed by atoms with Crippen LogP contribution in [0.5, 0.6) is 0 Å². The Morgan fingerprint density at radius 3 is 3.00 bits per heavy atom. The standard InChI is InChI=1S/C17H26N6O.HI/c1-12(2)16-21-15-7-6-13(11-23(15)22-16)20-17(18-3)19-9-8-14-5-4-10-24-14;/h4-5,10,12-13H,6-9,11H2,1-3H3,(H2,18,19,20);1H. The van der Waals surface area contributed by atoms with Gasteiger partial charge in [-0.2, -0.15) is 5.10 Å². The van der Waals surface area contributed by atoms with Crippen molar-refractivity contribution in [1.82, 2.24) is 25.4 Å². The summed E-state index contributed by atoms with van der Waals surface area (Å²) in [5.74, 6) is 4.19. The Morgan fingerprint density at radius 2 is 2.32 bits per heavy atom. The summed E-state index contributed by atoms with van der Waals surface area (Å²) in [6.45, 7) is 5.86. The van der Waals surface area contributed by atoms with E-state index in [1.165, 1.54) is 0 Å². The van der Waals surface area contributed by atoms with Gasteiger partial charge in [-0.1, -0.05) is 13.8 Å². The summed E-state index contributed by atoms with van der Waals surface area (Å²) in [4.78, 5) is 8.94. The number of furan rings is 1. The lowest BCUT2D eigenvalue weighted by atomic mass is 10.1. The van der Waals surface area contributed by atoms with Gasteiger partial charge in [-0.05, 0) is 18.6 Å². The fraction of sp³-hybridized carbons (Fsp3) is 0.588. The Hall–Kier alpha value is -1.58. The van der Waals surface area contributed by atoms with Crippen molar-refractivity contribution in [3.8, 4) is 0 Å². The van der Waals surface area contributed by atoms with Gasteiger partial charge in [-0.3, -0.25) is 4.99 Å². The molecule has 0 spiro atoms. The minimum absolute atomic E-state index is 0. The van der Waals surface area contributed by atoms with E-state index >= 15 is 0 Å². The van der Waals surface area contributed by atoms with Gasteiger partial charge in [0.05, 0.1) is 12.8 Å². The summed E-state index contributed by atoms with van der Waals surface area (Å²) in [7, 11) is 1.79. The van der Waals surface area contributed by atoms with Crippen molar-refractivity contribution in [3.63, 3.8) is 0 Å². The Kier molecular flexibility index (Phi) is 7.27. The largest absolute Gasteiger partial charge is 0.469 e. The molecular formula is C17H27IN6O.